The lowest BCUT2D eigenvalue weighted by Gasteiger charge is -2.54. The Morgan fingerprint density at radius 1 is 1.38 bits per heavy atom. The summed E-state index contributed by atoms with van der Waals surface area (Å²) in [6, 6.07) is -0.117. The second-order valence-corrected chi connectivity index (χ2v) is 5.07. The molecule has 0 saturated heterocycles. The Labute approximate surface area is 96.5 Å². The number of carbonyl (C=O) groups excluding carboxylic acids is 1. The molecule has 2 N–H and O–H groups in total. The Morgan fingerprint density at radius 3 is 2.44 bits per heavy atom. The van der Waals surface area contributed by atoms with E-state index in [4.69, 9.17) is 15.2 Å². The molecule has 0 aromatic carbocycles. The Hall–Kier alpha value is -0.610. The van der Waals surface area contributed by atoms with Crippen molar-refractivity contribution in [3.05, 3.63) is 0 Å². The Kier molecular flexibility index (Phi) is 2.97. The monoisotopic (exact) mass is 227 g/mol. The van der Waals surface area contributed by atoms with E-state index in [0.29, 0.717) is 6.61 Å². The van der Waals surface area contributed by atoms with Gasteiger partial charge < -0.3 is 15.2 Å². The van der Waals surface area contributed by atoms with Crippen LogP contribution in [0.15, 0.2) is 0 Å². The Balaban J connectivity index is 2.17. The van der Waals surface area contributed by atoms with E-state index in [0.717, 1.165) is 32.1 Å². The maximum atomic E-state index is 12.0. The third kappa shape index (κ3) is 1.55. The van der Waals surface area contributed by atoms with Gasteiger partial charge in [-0.15, -0.1) is 0 Å². The standard InChI is InChI=1S/C12H21NO3/c1-3-16-10(14)12-6-4-11(15-2,5-7-12)8-9(12)13/h9H,3-8,13H2,1-2H3. The van der Waals surface area contributed by atoms with Gasteiger partial charge >= 0.3 is 5.97 Å². The minimum absolute atomic E-state index is 0.0757. The van der Waals surface area contributed by atoms with Crippen LogP contribution in [0.3, 0.4) is 0 Å². The van der Waals surface area contributed by atoms with E-state index >= 15 is 0 Å². The molecule has 4 heteroatoms. The van der Waals surface area contributed by atoms with Gasteiger partial charge in [0.1, 0.15) is 0 Å². The molecule has 1 atom stereocenters. The van der Waals surface area contributed by atoms with Gasteiger partial charge in [-0.3, -0.25) is 4.79 Å². The van der Waals surface area contributed by atoms with Crippen molar-refractivity contribution in [1.82, 2.24) is 0 Å². The highest BCUT2D eigenvalue weighted by atomic mass is 16.5. The highest BCUT2D eigenvalue weighted by Gasteiger charge is 2.58. The van der Waals surface area contributed by atoms with E-state index in [1.807, 2.05) is 6.92 Å². The van der Waals surface area contributed by atoms with Crippen LogP contribution in [0.25, 0.3) is 0 Å². The van der Waals surface area contributed by atoms with E-state index < -0.39 is 5.41 Å². The molecule has 0 aromatic rings. The molecule has 0 heterocycles. The number of nitrogens with two attached hydrogens (primary N) is 1. The lowest BCUT2D eigenvalue weighted by molar-refractivity contribution is -0.178. The maximum absolute atomic E-state index is 12.0. The van der Waals surface area contributed by atoms with Gasteiger partial charge in [-0.25, -0.2) is 0 Å². The SMILES string of the molecule is CCOC(=O)C12CCC(OC)(CC1)CC2N. The summed E-state index contributed by atoms with van der Waals surface area (Å²) in [6.45, 7) is 2.27. The molecule has 0 spiro atoms. The molecule has 2 bridgehead atoms. The third-order valence-electron chi connectivity index (χ3n) is 4.47. The summed E-state index contributed by atoms with van der Waals surface area (Å²) in [7, 11) is 1.75. The van der Waals surface area contributed by atoms with E-state index in [2.05, 4.69) is 0 Å². The summed E-state index contributed by atoms with van der Waals surface area (Å²) >= 11 is 0. The van der Waals surface area contributed by atoms with Crippen molar-refractivity contribution in [2.45, 2.75) is 50.7 Å². The average Bonchev–Trinajstić information content (AvgIpc) is 2.30. The first-order valence-corrected chi connectivity index (χ1v) is 6.06. The van der Waals surface area contributed by atoms with E-state index in [1.54, 1.807) is 7.11 Å². The molecule has 0 radical (unpaired) electrons. The average molecular weight is 227 g/mol. The van der Waals surface area contributed by atoms with Crippen molar-refractivity contribution >= 4 is 5.97 Å². The molecule has 0 aromatic heterocycles. The first-order valence-electron chi connectivity index (χ1n) is 6.06. The molecule has 1 unspecified atom stereocenters. The Morgan fingerprint density at radius 2 is 2.00 bits per heavy atom. The number of fused-ring (bicyclic) bond motifs is 3. The minimum atomic E-state index is -0.434. The molecule has 3 rings (SSSR count). The van der Waals surface area contributed by atoms with Gasteiger partial charge in [-0.05, 0) is 39.0 Å². The van der Waals surface area contributed by atoms with Gasteiger partial charge in [0.2, 0.25) is 0 Å². The van der Waals surface area contributed by atoms with E-state index in [-0.39, 0.29) is 17.6 Å². The van der Waals surface area contributed by atoms with Crippen LogP contribution in [0.4, 0.5) is 0 Å². The topological polar surface area (TPSA) is 61.5 Å². The number of methoxy groups -OCH3 is 1. The van der Waals surface area contributed by atoms with Crippen molar-refractivity contribution in [3.63, 3.8) is 0 Å². The van der Waals surface area contributed by atoms with Crippen molar-refractivity contribution in [3.8, 4) is 0 Å². The molecule has 0 amide bonds. The van der Waals surface area contributed by atoms with Crippen molar-refractivity contribution < 1.29 is 14.3 Å². The van der Waals surface area contributed by atoms with Crippen LogP contribution in [0, 0.1) is 5.41 Å². The fraction of sp³-hybridized carbons (Fsp3) is 0.917. The molecule has 3 fully saturated rings. The molecular formula is C12H21NO3. The number of hydrogen-bond acceptors (Lipinski definition) is 4. The molecular weight excluding hydrogens is 206 g/mol. The predicted molar refractivity (Wildman–Crippen MR) is 59.9 cm³/mol. The zero-order valence-corrected chi connectivity index (χ0v) is 10.1. The van der Waals surface area contributed by atoms with Gasteiger partial charge in [0.15, 0.2) is 0 Å². The molecule has 0 aliphatic heterocycles. The lowest BCUT2D eigenvalue weighted by atomic mass is 9.56. The maximum Gasteiger partial charge on any atom is 0.313 e. The van der Waals surface area contributed by atoms with Gasteiger partial charge in [0.05, 0.1) is 17.6 Å². The van der Waals surface area contributed by atoms with Crippen LogP contribution in [-0.4, -0.2) is 31.3 Å². The molecule has 3 aliphatic rings. The second-order valence-electron chi connectivity index (χ2n) is 5.07. The molecule has 16 heavy (non-hydrogen) atoms. The molecule has 3 aliphatic carbocycles. The van der Waals surface area contributed by atoms with Crippen molar-refractivity contribution in [1.29, 1.82) is 0 Å². The fourth-order valence-electron chi connectivity index (χ4n) is 3.24. The first kappa shape index (κ1) is 11.9. The summed E-state index contributed by atoms with van der Waals surface area (Å²) in [5.41, 5.74) is 5.66. The van der Waals surface area contributed by atoms with Crippen molar-refractivity contribution in [2.75, 3.05) is 13.7 Å². The van der Waals surface area contributed by atoms with Crippen LogP contribution in [0.2, 0.25) is 0 Å². The second kappa shape index (κ2) is 4.00. The molecule has 92 valence electrons. The first-order chi connectivity index (χ1) is 7.58. The number of ether oxygens (including phenoxy) is 2. The minimum Gasteiger partial charge on any atom is -0.466 e. The van der Waals surface area contributed by atoms with Gasteiger partial charge in [0, 0.05) is 13.2 Å². The summed E-state index contributed by atoms with van der Waals surface area (Å²) in [4.78, 5) is 12.0. The fourth-order valence-corrected chi connectivity index (χ4v) is 3.24. The predicted octanol–water partition coefficient (Wildman–Crippen LogP) is 1.23. The van der Waals surface area contributed by atoms with Crippen LogP contribution in [-0.2, 0) is 14.3 Å². The highest BCUT2D eigenvalue weighted by molar-refractivity contribution is 5.78. The summed E-state index contributed by atoms with van der Waals surface area (Å²) in [6.07, 6.45) is 4.25. The third-order valence-corrected chi connectivity index (χ3v) is 4.47. The van der Waals surface area contributed by atoms with Crippen molar-refractivity contribution in [2.24, 2.45) is 11.1 Å². The molecule has 4 nitrogen and oxygen atoms in total. The highest BCUT2D eigenvalue weighted by Crippen LogP contribution is 2.53. The van der Waals surface area contributed by atoms with Gasteiger partial charge in [-0.1, -0.05) is 0 Å². The van der Waals surface area contributed by atoms with E-state index in [9.17, 15) is 4.79 Å². The van der Waals surface area contributed by atoms with Gasteiger partial charge in [0.25, 0.3) is 0 Å². The zero-order chi connectivity index (χ0) is 11.8. The Bertz CT molecular complexity index is 282. The summed E-state index contributed by atoms with van der Waals surface area (Å²) in [5, 5.41) is 0. The summed E-state index contributed by atoms with van der Waals surface area (Å²) in [5.74, 6) is -0.105. The zero-order valence-electron chi connectivity index (χ0n) is 10.1. The largest absolute Gasteiger partial charge is 0.466 e. The van der Waals surface area contributed by atoms with Crippen LogP contribution >= 0.6 is 0 Å². The number of rotatable bonds is 3. The normalized spacial score (nSPS) is 42.1. The molecule has 3 saturated carbocycles. The lowest BCUT2D eigenvalue weighted by Crippen LogP contribution is -2.61. The van der Waals surface area contributed by atoms with Gasteiger partial charge in [-0.2, -0.15) is 0 Å². The quantitative estimate of drug-likeness (QED) is 0.736. The smallest absolute Gasteiger partial charge is 0.313 e. The number of esters is 1. The summed E-state index contributed by atoms with van der Waals surface area (Å²) < 4.78 is 10.8. The van der Waals surface area contributed by atoms with E-state index in [1.165, 1.54) is 0 Å². The van der Waals surface area contributed by atoms with Crippen LogP contribution < -0.4 is 5.73 Å². The number of hydrogen-bond donors (Lipinski definition) is 1. The van der Waals surface area contributed by atoms with Crippen LogP contribution in [0.1, 0.15) is 39.0 Å². The van der Waals surface area contributed by atoms with Crippen LogP contribution in [0.5, 0.6) is 0 Å². The number of carbonyl (C=O) groups is 1.